The summed E-state index contributed by atoms with van der Waals surface area (Å²) < 4.78 is 5.70. The van der Waals surface area contributed by atoms with E-state index in [0.717, 1.165) is 19.6 Å². The molecule has 0 spiro atoms. The smallest absolute Gasteiger partial charge is 0.0620 e. The predicted octanol–water partition coefficient (Wildman–Crippen LogP) is 3.35. The summed E-state index contributed by atoms with van der Waals surface area (Å²) in [5, 5.41) is 0. The maximum Gasteiger partial charge on any atom is 0.0620 e. The van der Waals surface area contributed by atoms with Crippen LogP contribution in [0.2, 0.25) is 0 Å². The van der Waals surface area contributed by atoms with Gasteiger partial charge in [-0.1, -0.05) is 40.0 Å². The molecular weight excluding hydrogens is 198 g/mol. The van der Waals surface area contributed by atoms with E-state index >= 15 is 0 Å². The SMILES string of the molecule is CC(C)(C)CCOCC(N)C1CCCCC1. The summed E-state index contributed by atoms with van der Waals surface area (Å²) >= 11 is 0. The van der Waals surface area contributed by atoms with Crippen molar-refractivity contribution < 1.29 is 4.74 Å². The Morgan fingerprint density at radius 2 is 1.81 bits per heavy atom. The third-order valence-electron chi connectivity index (χ3n) is 3.56. The van der Waals surface area contributed by atoms with E-state index in [1.54, 1.807) is 0 Å². The van der Waals surface area contributed by atoms with E-state index in [9.17, 15) is 0 Å². The molecule has 2 N–H and O–H groups in total. The third kappa shape index (κ3) is 5.86. The molecular formula is C14H29NO. The fourth-order valence-electron chi connectivity index (χ4n) is 2.30. The number of nitrogens with two attached hydrogens (primary N) is 1. The summed E-state index contributed by atoms with van der Waals surface area (Å²) in [7, 11) is 0. The molecule has 0 aliphatic heterocycles. The molecule has 0 bridgehead atoms. The van der Waals surface area contributed by atoms with Gasteiger partial charge in [-0.2, -0.15) is 0 Å². The Labute approximate surface area is 101 Å². The molecule has 2 heteroatoms. The fourth-order valence-corrected chi connectivity index (χ4v) is 2.30. The summed E-state index contributed by atoms with van der Waals surface area (Å²) in [6.45, 7) is 8.34. The van der Waals surface area contributed by atoms with E-state index in [1.165, 1.54) is 32.1 Å². The summed E-state index contributed by atoms with van der Waals surface area (Å²) in [6.07, 6.45) is 7.85. The lowest BCUT2D eigenvalue weighted by molar-refractivity contribution is 0.0795. The predicted molar refractivity (Wildman–Crippen MR) is 69.4 cm³/mol. The molecule has 1 aliphatic rings. The minimum atomic E-state index is 0.264. The molecule has 2 nitrogen and oxygen atoms in total. The zero-order valence-electron chi connectivity index (χ0n) is 11.3. The summed E-state index contributed by atoms with van der Waals surface area (Å²) in [4.78, 5) is 0. The van der Waals surface area contributed by atoms with Gasteiger partial charge >= 0.3 is 0 Å². The van der Waals surface area contributed by atoms with E-state index in [-0.39, 0.29) is 6.04 Å². The van der Waals surface area contributed by atoms with Gasteiger partial charge in [0.1, 0.15) is 0 Å². The second-order valence-electron chi connectivity index (χ2n) is 6.45. The van der Waals surface area contributed by atoms with Crippen LogP contribution in [0.4, 0.5) is 0 Å². The Bertz CT molecular complexity index is 180. The van der Waals surface area contributed by atoms with Gasteiger partial charge in [0, 0.05) is 12.6 Å². The highest BCUT2D eigenvalue weighted by molar-refractivity contribution is 4.76. The van der Waals surface area contributed by atoms with Crippen LogP contribution in [-0.2, 0) is 4.74 Å². The average Bonchev–Trinajstić information content (AvgIpc) is 2.24. The first kappa shape index (κ1) is 14.0. The highest BCUT2D eigenvalue weighted by atomic mass is 16.5. The quantitative estimate of drug-likeness (QED) is 0.731. The van der Waals surface area contributed by atoms with Gasteiger partial charge in [-0.15, -0.1) is 0 Å². The maximum atomic E-state index is 6.17. The Hall–Kier alpha value is -0.0800. The fraction of sp³-hybridized carbons (Fsp3) is 1.00. The molecule has 0 saturated heterocycles. The van der Waals surface area contributed by atoms with Crippen LogP contribution in [0.1, 0.15) is 59.3 Å². The molecule has 1 unspecified atom stereocenters. The van der Waals surface area contributed by atoms with Gasteiger partial charge in [0.25, 0.3) is 0 Å². The molecule has 1 fully saturated rings. The van der Waals surface area contributed by atoms with Crippen LogP contribution < -0.4 is 5.73 Å². The van der Waals surface area contributed by atoms with Gasteiger partial charge in [-0.3, -0.25) is 0 Å². The Kier molecular flexibility index (Phi) is 5.77. The minimum absolute atomic E-state index is 0.264. The molecule has 0 radical (unpaired) electrons. The van der Waals surface area contributed by atoms with Crippen molar-refractivity contribution in [3.63, 3.8) is 0 Å². The van der Waals surface area contributed by atoms with Crippen molar-refractivity contribution in [1.29, 1.82) is 0 Å². The highest BCUT2D eigenvalue weighted by Gasteiger charge is 2.20. The van der Waals surface area contributed by atoms with E-state index in [2.05, 4.69) is 20.8 Å². The van der Waals surface area contributed by atoms with Crippen molar-refractivity contribution in [1.82, 2.24) is 0 Å². The van der Waals surface area contributed by atoms with Gasteiger partial charge in [0.15, 0.2) is 0 Å². The molecule has 0 aromatic carbocycles. The lowest BCUT2D eigenvalue weighted by Crippen LogP contribution is -2.36. The van der Waals surface area contributed by atoms with E-state index in [4.69, 9.17) is 10.5 Å². The number of rotatable bonds is 5. The van der Waals surface area contributed by atoms with Crippen LogP contribution in [0.3, 0.4) is 0 Å². The van der Waals surface area contributed by atoms with E-state index in [1.807, 2.05) is 0 Å². The first-order chi connectivity index (χ1) is 7.49. The molecule has 96 valence electrons. The highest BCUT2D eigenvalue weighted by Crippen LogP contribution is 2.26. The minimum Gasteiger partial charge on any atom is -0.380 e. The molecule has 1 rings (SSSR count). The summed E-state index contributed by atoms with van der Waals surface area (Å²) in [5.74, 6) is 0.711. The second kappa shape index (κ2) is 6.61. The largest absolute Gasteiger partial charge is 0.380 e. The van der Waals surface area contributed by atoms with Gasteiger partial charge in [-0.05, 0) is 30.6 Å². The van der Waals surface area contributed by atoms with Gasteiger partial charge in [0.2, 0.25) is 0 Å². The summed E-state index contributed by atoms with van der Waals surface area (Å²) in [5.41, 5.74) is 6.54. The molecule has 1 saturated carbocycles. The van der Waals surface area contributed by atoms with Crippen molar-refractivity contribution in [2.24, 2.45) is 17.1 Å². The first-order valence-electron chi connectivity index (χ1n) is 6.82. The van der Waals surface area contributed by atoms with Gasteiger partial charge < -0.3 is 10.5 Å². The van der Waals surface area contributed by atoms with E-state index < -0.39 is 0 Å². The van der Waals surface area contributed by atoms with Crippen molar-refractivity contribution in [3.05, 3.63) is 0 Å². The number of ether oxygens (including phenoxy) is 1. The zero-order chi connectivity index (χ0) is 12.0. The van der Waals surface area contributed by atoms with Crippen LogP contribution in [0.15, 0.2) is 0 Å². The molecule has 16 heavy (non-hydrogen) atoms. The molecule has 0 aromatic rings. The Morgan fingerprint density at radius 1 is 1.19 bits per heavy atom. The molecule has 0 aromatic heterocycles. The van der Waals surface area contributed by atoms with Crippen LogP contribution >= 0.6 is 0 Å². The topological polar surface area (TPSA) is 35.2 Å². The Morgan fingerprint density at radius 3 is 2.38 bits per heavy atom. The van der Waals surface area contributed by atoms with Crippen LogP contribution in [0.25, 0.3) is 0 Å². The monoisotopic (exact) mass is 227 g/mol. The van der Waals surface area contributed by atoms with Crippen molar-refractivity contribution >= 4 is 0 Å². The number of hydrogen-bond acceptors (Lipinski definition) is 2. The lowest BCUT2D eigenvalue weighted by atomic mass is 9.84. The van der Waals surface area contributed by atoms with E-state index in [0.29, 0.717) is 11.3 Å². The van der Waals surface area contributed by atoms with Crippen LogP contribution in [0.5, 0.6) is 0 Å². The molecule has 1 atom stereocenters. The van der Waals surface area contributed by atoms with Crippen molar-refractivity contribution in [2.45, 2.75) is 65.3 Å². The van der Waals surface area contributed by atoms with Crippen LogP contribution in [-0.4, -0.2) is 19.3 Å². The molecule has 0 heterocycles. The number of hydrogen-bond donors (Lipinski definition) is 1. The third-order valence-corrected chi connectivity index (χ3v) is 3.56. The lowest BCUT2D eigenvalue weighted by Gasteiger charge is -2.27. The average molecular weight is 227 g/mol. The van der Waals surface area contributed by atoms with Crippen molar-refractivity contribution in [2.75, 3.05) is 13.2 Å². The molecule has 1 aliphatic carbocycles. The Balaban J connectivity index is 2.07. The maximum absolute atomic E-state index is 6.17. The standard InChI is InChI=1S/C14H29NO/c1-14(2,3)9-10-16-11-13(15)12-7-5-4-6-8-12/h12-13H,4-11,15H2,1-3H3. The van der Waals surface area contributed by atoms with Crippen molar-refractivity contribution in [3.8, 4) is 0 Å². The normalized spacial score (nSPS) is 21.0. The summed E-state index contributed by atoms with van der Waals surface area (Å²) in [6, 6.07) is 0.264. The van der Waals surface area contributed by atoms with Crippen LogP contribution in [0, 0.1) is 11.3 Å². The second-order valence-corrected chi connectivity index (χ2v) is 6.45. The van der Waals surface area contributed by atoms with Gasteiger partial charge in [0.05, 0.1) is 6.61 Å². The molecule has 0 amide bonds. The zero-order valence-corrected chi connectivity index (χ0v) is 11.3. The van der Waals surface area contributed by atoms with Gasteiger partial charge in [-0.25, -0.2) is 0 Å². The first-order valence-corrected chi connectivity index (χ1v) is 6.82.